The second-order valence-corrected chi connectivity index (χ2v) is 7.98. The standard InChI is InChI=1S/C15H18OSi2/c1-12(18-16-17)15(13-8-4-2-5-9-13)14-10-6-3-7-11-14/h2-11H,18H2,1,17H3. The van der Waals surface area contributed by atoms with Crippen LogP contribution in [0.15, 0.2) is 65.9 Å². The van der Waals surface area contributed by atoms with Gasteiger partial charge in [-0.15, -0.1) is 0 Å². The van der Waals surface area contributed by atoms with E-state index in [2.05, 4.69) is 67.6 Å². The molecule has 1 nitrogen and oxygen atoms in total. The molecule has 3 heteroatoms. The van der Waals surface area contributed by atoms with E-state index in [0.29, 0.717) is 0 Å². The Hall–Kier alpha value is -1.43. The SMILES string of the molecule is CC([SiH2]O[SiH3])=C(c1ccccc1)c1ccccc1. The van der Waals surface area contributed by atoms with Crippen LogP contribution in [0, 0.1) is 0 Å². The van der Waals surface area contributed by atoms with Crippen molar-refractivity contribution in [3.8, 4) is 0 Å². The lowest BCUT2D eigenvalue weighted by atomic mass is 9.98. The topological polar surface area (TPSA) is 9.23 Å². The Morgan fingerprint density at radius 1 is 0.889 bits per heavy atom. The molecule has 0 aliphatic rings. The van der Waals surface area contributed by atoms with Crippen LogP contribution in [0.2, 0.25) is 0 Å². The van der Waals surface area contributed by atoms with Crippen molar-refractivity contribution in [3.63, 3.8) is 0 Å². The minimum Gasteiger partial charge on any atom is -0.465 e. The highest BCUT2D eigenvalue weighted by molar-refractivity contribution is 6.45. The third-order valence-corrected chi connectivity index (χ3v) is 4.85. The zero-order valence-electron chi connectivity index (χ0n) is 10.9. The highest BCUT2D eigenvalue weighted by Crippen LogP contribution is 2.26. The van der Waals surface area contributed by atoms with Gasteiger partial charge in [-0.3, -0.25) is 0 Å². The van der Waals surface area contributed by atoms with Crippen LogP contribution in [0.5, 0.6) is 0 Å². The third-order valence-electron chi connectivity index (χ3n) is 2.91. The zero-order chi connectivity index (χ0) is 12.8. The molecule has 0 N–H and O–H groups in total. The smallest absolute Gasteiger partial charge is 0.174 e. The fraction of sp³-hybridized carbons (Fsp3) is 0.0667. The van der Waals surface area contributed by atoms with E-state index in [-0.39, 0.29) is 0 Å². The lowest BCUT2D eigenvalue weighted by Gasteiger charge is -2.13. The monoisotopic (exact) mass is 270 g/mol. The molecule has 0 atom stereocenters. The van der Waals surface area contributed by atoms with Crippen molar-refractivity contribution in [1.82, 2.24) is 0 Å². The maximum absolute atomic E-state index is 5.55. The van der Waals surface area contributed by atoms with Gasteiger partial charge < -0.3 is 4.12 Å². The van der Waals surface area contributed by atoms with Crippen LogP contribution >= 0.6 is 0 Å². The van der Waals surface area contributed by atoms with Gasteiger partial charge in [-0.1, -0.05) is 65.9 Å². The molecule has 0 aliphatic heterocycles. The number of allylic oxidation sites excluding steroid dienone is 1. The third kappa shape index (κ3) is 3.07. The highest BCUT2D eigenvalue weighted by Gasteiger charge is 2.08. The lowest BCUT2D eigenvalue weighted by Crippen LogP contribution is -2.02. The lowest BCUT2D eigenvalue weighted by molar-refractivity contribution is 0.671. The number of hydrogen-bond acceptors (Lipinski definition) is 1. The molecule has 0 unspecified atom stereocenters. The molecule has 0 saturated heterocycles. The molecule has 0 amide bonds. The van der Waals surface area contributed by atoms with Crippen molar-refractivity contribution < 1.29 is 4.12 Å². The van der Waals surface area contributed by atoms with Crippen LogP contribution in [-0.4, -0.2) is 20.2 Å². The van der Waals surface area contributed by atoms with Gasteiger partial charge in [-0.2, -0.15) is 0 Å². The summed E-state index contributed by atoms with van der Waals surface area (Å²) in [7, 11) is 0.287. The Morgan fingerprint density at radius 3 is 1.72 bits per heavy atom. The second-order valence-electron chi connectivity index (χ2n) is 4.32. The number of benzene rings is 2. The maximum atomic E-state index is 5.55. The van der Waals surface area contributed by atoms with Gasteiger partial charge in [0, 0.05) is 0 Å². The predicted octanol–water partition coefficient (Wildman–Crippen LogP) is 1.85. The fourth-order valence-electron chi connectivity index (χ4n) is 2.16. The van der Waals surface area contributed by atoms with Crippen molar-refractivity contribution in [2.45, 2.75) is 6.92 Å². The zero-order valence-corrected chi connectivity index (χ0v) is 14.3. The molecule has 0 fully saturated rings. The van der Waals surface area contributed by atoms with Crippen LogP contribution in [0.25, 0.3) is 5.57 Å². The van der Waals surface area contributed by atoms with Gasteiger partial charge in [0.25, 0.3) is 0 Å². The summed E-state index contributed by atoms with van der Waals surface area (Å²) in [6.07, 6.45) is 0. The van der Waals surface area contributed by atoms with E-state index in [1.807, 2.05) is 0 Å². The fourth-order valence-corrected chi connectivity index (χ4v) is 4.44. The molecule has 92 valence electrons. The van der Waals surface area contributed by atoms with Gasteiger partial charge in [0.15, 0.2) is 9.76 Å². The van der Waals surface area contributed by atoms with E-state index in [0.717, 1.165) is 10.5 Å². The molecular formula is C15H18OSi2. The number of rotatable bonds is 4. The van der Waals surface area contributed by atoms with E-state index in [1.165, 1.54) is 21.9 Å². The average molecular weight is 270 g/mol. The molecule has 18 heavy (non-hydrogen) atoms. The van der Waals surface area contributed by atoms with Gasteiger partial charge in [0.2, 0.25) is 0 Å². The molecule has 0 aromatic heterocycles. The molecule has 0 heterocycles. The first-order chi connectivity index (χ1) is 8.83. The van der Waals surface area contributed by atoms with Gasteiger partial charge in [0.05, 0.1) is 0 Å². The van der Waals surface area contributed by atoms with Gasteiger partial charge in [-0.25, -0.2) is 0 Å². The summed E-state index contributed by atoms with van der Waals surface area (Å²) < 4.78 is 5.55. The minimum absolute atomic E-state index is 0.548. The van der Waals surface area contributed by atoms with Crippen LogP contribution in [0.4, 0.5) is 0 Å². The summed E-state index contributed by atoms with van der Waals surface area (Å²) >= 11 is 0. The summed E-state index contributed by atoms with van der Waals surface area (Å²) in [5.74, 6) is 0. The highest BCUT2D eigenvalue weighted by atomic mass is 28.3. The van der Waals surface area contributed by atoms with E-state index in [4.69, 9.17) is 4.12 Å². The Balaban J connectivity index is 2.52. The van der Waals surface area contributed by atoms with E-state index >= 15 is 0 Å². The Bertz CT molecular complexity index is 479. The van der Waals surface area contributed by atoms with Crippen LogP contribution in [0.1, 0.15) is 18.1 Å². The van der Waals surface area contributed by atoms with Gasteiger partial charge in [0.1, 0.15) is 10.5 Å². The summed E-state index contributed by atoms with van der Waals surface area (Å²) in [5, 5.41) is 1.42. The van der Waals surface area contributed by atoms with Crippen molar-refractivity contribution in [3.05, 3.63) is 77.0 Å². The molecular weight excluding hydrogens is 252 g/mol. The molecule has 0 bridgehead atoms. The van der Waals surface area contributed by atoms with Gasteiger partial charge >= 0.3 is 0 Å². The Morgan fingerprint density at radius 2 is 1.33 bits per heavy atom. The van der Waals surface area contributed by atoms with E-state index < -0.39 is 9.76 Å². The maximum Gasteiger partial charge on any atom is 0.174 e. The quantitative estimate of drug-likeness (QED) is 0.771. The van der Waals surface area contributed by atoms with E-state index in [9.17, 15) is 0 Å². The summed E-state index contributed by atoms with van der Waals surface area (Å²) in [6, 6.07) is 21.2. The molecule has 2 aromatic carbocycles. The van der Waals surface area contributed by atoms with Crippen LogP contribution in [0.3, 0.4) is 0 Å². The molecule has 0 aliphatic carbocycles. The van der Waals surface area contributed by atoms with Crippen molar-refractivity contribution in [2.75, 3.05) is 0 Å². The summed E-state index contributed by atoms with van der Waals surface area (Å²) in [5.41, 5.74) is 3.92. The molecule has 2 aromatic rings. The number of hydrogen-bond donors (Lipinski definition) is 0. The average Bonchev–Trinajstić information content (AvgIpc) is 2.42. The second kappa shape index (κ2) is 6.49. The van der Waals surface area contributed by atoms with Gasteiger partial charge in [-0.05, 0) is 23.6 Å². The van der Waals surface area contributed by atoms with Crippen LogP contribution < -0.4 is 0 Å². The first-order valence-electron chi connectivity index (χ1n) is 6.12. The van der Waals surface area contributed by atoms with Crippen molar-refractivity contribution >= 4 is 25.8 Å². The Kier molecular flexibility index (Phi) is 4.69. The van der Waals surface area contributed by atoms with Crippen molar-refractivity contribution in [2.24, 2.45) is 0 Å². The molecule has 0 radical (unpaired) electrons. The minimum atomic E-state index is -0.548. The molecule has 0 saturated carbocycles. The predicted molar refractivity (Wildman–Crippen MR) is 84.1 cm³/mol. The summed E-state index contributed by atoms with van der Waals surface area (Å²) in [6.45, 7) is 2.21. The first kappa shape index (κ1) is 13.0. The Labute approximate surface area is 114 Å². The normalized spacial score (nSPS) is 10.9. The first-order valence-corrected chi connectivity index (χ1v) is 8.22. The van der Waals surface area contributed by atoms with Crippen LogP contribution in [-0.2, 0) is 4.12 Å². The largest absolute Gasteiger partial charge is 0.465 e. The molecule has 0 spiro atoms. The molecule has 2 rings (SSSR count). The summed E-state index contributed by atoms with van der Waals surface area (Å²) in [4.78, 5) is 0. The van der Waals surface area contributed by atoms with E-state index in [1.54, 1.807) is 0 Å². The van der Waals surface area contributed by atoms with Crippen molar-refractivity contribution in [1.29, 1.82) is 0 Å².